The van der Waals surface area contributed by atoms with E-state index in [1.54, 1.807) is 0 Å². The molecule has 0 fully saturated rings. The molecule has 0 aliphatic rings. The first kappa shape index (κ1) is 13.0. The molecule has 0 unspecified atom stereocenters. The first-order chi connectivity index (χ1) is 7.74. The second-order valence-corrected chi connectivity index (χ2v) is 4.06. The number of halogens is 1. The average Bonchev–Trinajstić information content (AvgIpc) is 2.36. The van der Waals surface area contributed by atoms with Crippen LogP contribution in [0.1, 0.15) is 26.3 Å². The predicted octanol–water partition coefficient (Wildman–Crippen LogP) is 4.90. The second-order valence-electron chi connectivity index (χ2n) is 3.27. The Bertz CT molecular complexity index is 477. The Morgan fingerprint density at radius 3 is 2.25 bits per heavy atom. The standard InChI is InChI=1S/C12H11BrO.C2H6/c1-2-8-7-11(14)12(13)10-6-4-3-5-9(8)10;1-2/h3-7,14H,2H2,1H3;1-2H3. The van der Waals surface area contributed by atoms with E-state index in [0.717, 1.165) is 16.3 Å². The monoisotopic (exact) mass is 280 g/mol. The molecule has 16 heavy (non-hydrogen) atoms. The second kappa shape index (κ2) is 5.90. The van der Waals surface area contributed by atoms with Crippen LogP contribution >= 0.6 is 15.9 Å². The van der Waals surface area contributed by atoms with Crippen molar-refractivity contribution in [3.8, 4) is 5.75 Å². The summed E-state index contributed by atoms with van der Waals surface area (Å²) in [5.74, 6) is 0.320. The molecule has 86 valence electrons. The normalized spacial score (nSPS) is 9.75. The number of benzene rings is 2. The Labute approximate surface area is 105 Å². The van der Waals surface area contributed by atoms with Crippen LogP contribution in [-0.2, 0) is 6.42 Å². The molecule has 0 spiro atoms. The molecule has 2 rings (SSSR count). The smallest absolute Gasteiger partial charge is 0.130 e. The van der Waals surface area contributed by atoms with Gasteiger partial charge in [-0.15, -0.1) is 0 Å². The van der Waals surface area contributed by atoms with Crippen LogP contribution in [0.15, 0.2) is 34.8 Å². The lowest BCUT2D eigenvalue weighted by molar-refractivity contribution is 0.472. The van der Waals surface area contributed by atoms with Crippen LogP contribution in [-0.4, -0.2) is 5.11 Å². The van der Waals surface area contributed by atoms with Crippen LogP contribution in [0.2, 0.25) is 0 Å². The van der Waals surface area contributed by atoms with E-state index in [1.165, 1.54) is 10.9 Å². The van der Waals surface area contributed by atoms with Crippen molar-refractivity contribution in [2.45, 2.75) is 27.2 Å². The van der Waals surface area contributed by atoms with E-state index in [2.05, 4.69) is 28.9 Å². The van der Waals surface area contributed by atoms with Gasteiger partial charge in [0.2, 0.25) is 0 Å². The maximum absolute atomic E-state index is 9.68. The van der Waals surface area contributed by atoms with Gasteiger partial charge >= 0.3 is 0 Å². The third-order valence-corrected chi connectivity index (χ3v) is 3.26. The van der Waals surface area contributed by atoms with Crippen LogP contribution in [0.5, 0.6) is 5.75 Å². The van der Waals surface area contributed by atoms with Crippen LogP contribution in [0.4, 0.5) is 0 Å². The summed E-state index contributed by atoms with van der Waals surface area (Å²) in [6.07, 6.45) is 0.932. The van der Waals surface area contributed by atoms with Crippen molar-refractivity contribution in [3.05, 3.63) is 40.4 Å². The van der Waals surface area contributed by atoms with E-state index in [0.29, 0.717) is 5.75 Å². The number of phenolic OH excluding ortho intramolecular Hbond substituents is 1. The highest BCUT2D eigenvalue weighted by Gasteiger charge is 2.07. The lowest BCUT2D eigenvalue weighted by Crippen LogP contribution is -1.85. The minimum absolute atomic E-state index is 0.320. The molecule has 0 bridgehead atoms. The number of hydrogen-bond acceptors (Lipinski definition) is 1. The summed E-state index contributed by atoms with van der Waals surface area (Å²) in [6.45, 7) is 6.09. The molecule has 0 heterocycles. The summed E-state index contributed by atoms with van der Waals surface area (Å²) < 4.78 is 0.783. The Morgan fingerprint density at radius 2 is 1.69 bits per heavy atom. The highest BCUT2D eigenvalue weighted by molar-refractivity contribution is 9.10. The first-order valence-corrected chi connectivity index (χ1v) is 6.42. The average molecular weight is 281 g/mol. The Hall–Kier alpha value is -1.02. The molecule has 1 nitrogen and oxygen atoms in total. The Kier molecular flexibility index (Phi) is 4.81. The number of phenols is 1. The molecule has 0 atom stereocenters. The molecule has 2 heteroatoms. The fourth-order valence-electron chi connectivity index (χ4n) is 1.69. The lowest BCUT2D eigenvalue weighted by atomic mass is 10.0. The van der Waals surface area contributed by atoms with E-state index < -0.39 is 0 Å². The van der Waals surface area contributed by atoms with E-state index >= 15 is 0 Å². The molecule has 0 aliphatic carbocycles. The molecule has 0 amide bonds. The van der Waals surface area contributed by atoms with Gasteiger partial charge in [-0.2, -0.15) is 0 Å². The third-order valence-electron chi connectivity index (χ3n) is 2.43. The SMILES string of the molecule is CC.CCc1cc(O)c(Br)c2ccccc12. The number of fused-ring (bicyclic) bond motifs is 1. The van der Waals surface area contributed by atoms with E-state index in [-0.39, 0.29) is 0 Å². The summed E-state index contributed by atoms with van der Waals surface area (Å²) in [5, 5.41) is 12.0. The quantitative estimate of drug-likeness (QED) is 0.788. The van der Waals surface area contributed by atoms with Gasteiger partial charge in [0.15, 0.2) is 0 Å². The van der Waals surface area contributed by atoms with Crippen LogP contribution < -0.4 is 0 Å². The van der Waals surface area contributed by atoms with Gasteiger partial charge in [0.25, 0.3) is 0 Å². The van der Waals surface area contributed by atoms with Crippen molar-refractivity contribution in [2.24, 2.45) is 0 Å². The topological polar surface area (TPSA) is 20.2 Å². The third kappa shape index (κ3) is 2.38. The van der Waals surface area contributed by atoms with Crippen molar-refractivity contribution in [1.82, 2.24) is 0 Å². The highest BCUT2D eigenvalue weighted by Crippen LogP contribution is 2.34. The molecule has 0 aromatic heterocycles. The summed E-state index contributed by atoms with van der Waals surface area (Å²) in [4.78, 5) is 0. The van der Waals surface area contributed by atoms with Crippen LogP contribution in [0.3, 0.4) is 0 Å². The fraction of sp³-hybridized carbons (Fsp3) is 0.286. The van der Waals surface area contributed by atoms with Crippen molar-refractivity contribution in [3.63, 3.8) is 0 Å². The largest absolute Gasteiger partial charge is 0.507 e. The Morgan fingerprint density at radius 1 is 1.12 bits per heavy atom. The molecule has 1 N–H and O–H groups in total. The molecule has 0 saturated heterocycles. The van der Waals surface area contributed by atoms with E-state index in [4.69, 9.17) is 0 Å². The zero-order valence-corrected chi connectivity index (χ0v) is 11.5. The first-order valence-electron chi connectivity index (χ1n) is 5.63. The molecule has 0 saturated carbocycles. The Balaban J connectivity index is 0.000000606. The van der Waals surface area contributed by atoms with Crippen molar-refractivity contribution in [2.75, 3.05) is 0 Å². The molecular weight excluding hydrogens is 264 g/mol. The zero-order chi connectivity index (χ0) is 12.1. The van der Waals surface area contributed by atoms with Gasteiger partial charge in [0, 0.05) is 0 Å². The van der Waals surface area contributed by atoms with Gasteiger partial charge in [0.05, 0.1) is 4.47 Å². The summed E-state index contributed by atoms with van der Waals surface area (Å²) in [6, 6.07) is 9.92. The minimum atomic E-state index is 0.320. The van der Waals surface area contributed by atoms with E-state index in [9.17, 15) is 5.11 Å². The predicted molar refractivity (Wildman–Crippen MR) is 74.0 cm³/mol. The molecule has 0 aliphatic heterocycles. The summed E-state index contributed by atoms with van der Waals surface area (Å²) in [7, 11) is 0. The maximum Gasteiger partial charge on any atom is 0.130 e. The summed E-state index contributed by atoms with van der Waals surface area (Å²) in [5.41, 5.74) is 1.18. The minimum Gasteiger partial charge on any atom is -0.507 e. The van der Waals surface area contributed by atoms with Crippen LogP contribution in [0.25, 0.3) is 10.8 Å². The zero-order valence-electron chi connectivity index (χ0n) is 9.92. The molecular formula is C14H17BrO. The summed E-state index contributed by atoms with van der Waals surface area (Å²) >= 11 is 3.39. The van der Waals surface area contributed by atoms with Crippen molar-refractivity contribution < 1.29 is 5.11 Å². The van der Waals surface area contributed by atoms with Gasteiger partial charge in [-0.1, -0.05) is 45.0 Å². The van der Waals surface area contributed by atoms with Crippen LogP contribution in [0, 0.1) is 0 Å². The fourth-order valence-corrected chi connectivity index (χ4v) is 2.15. The van der Waals surface area contributed by atoms with E-state index in [1.807, 2.05) is 38.1 Å². The lowest BCUT2D eigenvalue weighted by Gasteiger charge is -2.07. The van der Waals surface area contributed by atoms with Gasteiger partial charge < -0.3 is 5.11 Å². The molecule has 2 aromatic rings. The van der Waals surface area contributed by atoms with Gasteiger partial charge in [-0.3, -0.25) is 0 Å². The van der Waals surface area contributed by atoms with Crippen molar-refractivity contribution in [1.29, 1.82) is 0 Å². The maximum atomic E-state index is 9.68. The number of rotatable bonds is 1. The van der Waals surface area contributed by atoms with Gasteiger partial charge in [0.1, 0.15) is 5.75 Å². The highest BCUT2D eigenvalue weighted by atomic mass is 79.9. The van der Waals surface area contributed by atoms with Gasteiger partial charge in [-0.05, 0) is 44.8 Å². The van der Waals surface area contributed by atoms with Gasteiger partial charge in [-0.25, -0.2) is 0 Å². The number of aryl methyl sites for hydroxylation is 1. The number of hydrogen-bond donors (Lipinski definition) is 1. The van der Waals surface area contributed by atoms with Crippen molar-refractivity contribution >= 4 is 26.7 Å². The molecule has 0 radical (unpaired) electrons. The number of aromatic hydroxyl groups is 1. The molecule has 2 aromatic carbocycles.